The second-order valence-electron chi connectivity index (χ2n) is 5.65. The molecule has 1 spiro atoms. The van der Waals surface area contributed by atoms with Crippen LogP contribution in [0.2, 0.25) is 0 Å². The van der Waals surface area contributed by atoms with Crippen LogP contribution in [0.25, 0.3) is 0 Å². The van der Waals surface area contributed by atoms with Crippen molar-refractivity contribution in [3.63, 3.8) is 0 Å². The summed E-state index contributed by atoms with van der Waals surface area (Å²) >= 11 is 0. The Kier molecular flexibility index (Phi) is 6.25. The lowest BCUT2D eigenvalue weighted by Crippen LogP contribution is -2.33. The monoisotopic (exact) mass is 333 g/mol. The lowest BCUT2D eigenvalue weighted by atomic mass is 9.92. The molecule has 2 fully saturated rings. The number of amides is 1. The van der Waals surface area contributed by atoms with Crippen LogP contribution in [-0.2, 0) is 11.3 Å². The molecular weight excluding hydrogens is 313 g/mol. The molecule has 3 N–H and O–H groups in total. The standard InChI is InChI=1S/C14H19N3O2.2ClH/c18-12-2-1-10(8-16-12)9-17-13(19)11-7-14(11)3-5-15-6-4-14;;/h1-2,8,11,15H,3-7,9H2,(H,16,18)(H,17,19);2*1H. The maximum atomic E-state index is 12.1. The summed E-state index contributed by atoms with van der Waals surface area (Å²) in [6.07, 6.45) is 4.91. The van der Waals surface area contributed by atoms with Crippen molar-refractivity contribution in [2.45, 2.75) is 25.8 Å². The summed E-state index contributed by atoms with van der Waals surface area (Å²) in [6.45, 7) is 2.55. The van der Waals surface area contributed by atoms with Crippen LogP contribution in [0, 0.1) is 11.3 Å². The quantitative estimate of drug-likeness (QED) is 0.778. The fourth-order valence-corrected chi connectivity index (χ4v) is 3.06. The van der Waals surface area contributed by atoms with Gasteiger partial charge in [-0.2, -0.15) is 0 Å². The highest BCUT2D eigenvalue weighted by Gasteiger charge is 2.57. The molecule has 1 aromatic heterocycles. The van der Waals surface area contributed by atoms with Crippen molar-refractivity contribution in [1.29, 1.82) is 0 Å². The maximum Gasteiger partial charge on any atom is 0.247 e. The minimum atomic E-state index is -0.120. The third-order valence-corrected chi connectivity index (χ3v) is 4.42. The Hall–Kier alpha value is -1.04. The van der Waals surface area contributed by atoms with Crippen molar-refractivity contribution in [3.05, 3.63) is 34.2 Å². The molecule has 0 aromatic carbocycles. The Labute approximate surface area is 136 Å². The average Bonchev–Trinajstić information content (AvgIpc) is 3.12. The van der Waals surface area contributed by atoms with Crippen molar-refractivity contribution in [1.82, 2.24) is 15.6 Å². The van der Waals surface area contributed by atoms with Crippen LogP contribution in [0.1, 0.15) is 24.8 Å². The van der Waals surface area contributed by atoms with Crippen LogP contribution in [0.4, 0.5) is 0 Å². The fourth-order valence-electron chi connectivity index (χ4n) is 3.06. The van der Waals surface area contributed by atoms with Gasteiger partial charge in [0.1, 0.15) is 0 Å². The molecule has 1 unspecified atom stereocenters. The molecule has 1 aliphatic heterocycles. The van der Waals surface area contributed by atoms with Gasteiger partial charge in [-0.3, -0.25) is 9.59 Å². The van der Waals surface area contributed by atoms with Crippen LogP contribution in [-0.4, -0.2) is 24.0 Å². The third kappa shape index (κ3) is 3.99. The molecule has 1 atom stereocenters. The maximum absolute atomic E-state index is 12.1. The highest BCUT2D eigenvalue weighted by Crippen LogP contribution is 2.58. The Morgan fingerprint density at radius 3 is 2.62 bits per heavy atom. The summed E-state index contributed by atoms with van der Waals surface area (Å²) in [5.74, 6) is 0.352. The van der Waals surface area contributed by atoms with E-state index in [-0.39, 0.29) is 47.6 Å². The summed E-state index contributed by atoms with van der Waals surface area (Å²) in [6, 6.07) is 3.22. The second-order valence-corrected chi connectivity index (χ2v) is 5.65. The van der Waals surface area contributed by atoms with Crippen LogP contribution in [0.3, 0.4) is 0 Å². The molecule has 0 radical (unpaired) electrons. The molecule has 1 amide bonds. The van der Waals surface area contributed by atoms with E-state index in [0.29, 0.717) is 6.54 Å². The number of hydrogen-bond donors (Lipinski definition) is 3. The summed E-state index contributed by atoms with van der Waals surface area (Å²) < 4.78 is 0. The minimum absolute atomic E-state index is 0. The first kappa shape index (κ1) is 18.0. The first-order valence-electron chi connectivity index (χ1n) is 6.86. The van der Waals surface area contributed by atoms with E-state index in [1.807, 2.05) is 0 Å². The summed E-state index contributed by atoms with van der Waals surface area (Å²) in [5, 5.41) is 6.31. The van der Waals surface area contributed by atoms with Gasteiger partial charge in [0.25, 0.3) is 0 Å². The van der Waals surface area contributed by atoms with Crippen molar-refractivity contribution in [3.8, 4) is 0 Å². The number of hydrogen-bond acceptors (Lipinski definition) is 3. The number of piperidine rings is 1. The van der Waals surface area contributed by atoms with Crippen LogP contribution < -0.4 is 16.2 Å². The molecular formula is C14H21Cl2N3O2. The largest absolute Gasteiger partial charge is 0.352 e. The number of aromatic amines is 1. The predicted octanol–water partition coefficient (Wildman–Crippen LogP) is 1.22. The van der Waals surface area contributed by atoms with Gasteiger partial charge in [0, 0.05) is 24.7 Å². The first-order valence-corrected chi connectivity index (χ1v) is 6.86. The number of nitrogens with one attached hydrogen (secondary N) is 3. The second kappa shape index (κ2) is 7.29. The molecule has 1 saturated carbocycles. The predicted molar refractivity (Wildman–Crippen MR) is 86.0 cm³/mol. The molecule has 3 rings (SSSR count). The van der Waals surface area contributed by atoms with Gasteiger partial charge in [-0.15, -0.1) is 24.8 Å². The Bertz CT molecular complexity index is 521. The molecule has 2 aliphatic rings. The fraction of sp³-hybridized carbons (Fsp3) is 0.571. The molecule has 7 heteroatoms. The minimum Gasteiger partial charge on any atom is -0.352 e. The van der Waals surface area contributed by atoms with Gasteiger partial charge in [0.05, 0.1) is 0 Å². The number of rotatable bonds is 3. The topological polar surface area (TPSA) is 74.0 Å². The number of carbonyl (C=O) groups is 1. The lowest BCUT2D eigenvalue weighted by molar-refractivity contribution is -0.123. The Balaban J connectivity index is 0.00000110. The van der Waals surface area contributed by atoms with Crippen molar-refractivity contribution >= 4 is 30.7 Å². The number of pyridine rings is 1. The zero-order valence-corrected chi connectivity index (χ0v) is 13.3. The van der Waals surface area contributed by atoms with Gasteiger partial charge >= 0.3 is 0 Å². The van der Waals surface area contributed by atoms with E-state index >= 15 is 0 Å². The SMILES string of the molecule is Cl.Cl.O=C(NCc1ccc(=O)[nH]c1)C1CC12CCNCC2. The summed E-state index contributed by atoms with van der Waals surface area (Å²) in [7, 11) is 0. The van der Waals surface area contributed by atoms with Crippen molar-refractivity contribution in [2.75, 3.05) is 13.1 Å². The molecule has 0 bridgehead atoms. The summed E-state index contributed by atoms with van der Waals surface area (Å²) in [4.78, 5) is 25.7. The molecule has 1 aromatic rings. The third-order valence-electron chi connectivity index (χ3n) is 4.42. The van der Waals surface area contributed by atoms with E-state index in [1.165, 1.54) is 6.07 Å². The van der Waals surface area contributed by atoms with E-state index in [0.717, 1.165) is 37.9 Å². The van der Waals surface area contributed by atoms with Gasteiger partial charge in [0.15, 0.2) is 0 Å². The van der Waals surface area contributed by atoms with Crippen LogP contribution in [0.15, 0.2) is 23.1 Å². The van der Waals surface area contributed by atoms with Gasteiger partial charge < -0.3 is 15.6 Å². The normalized spacial score (nSPS) is 21.8. The summed E-state index contributed by atoms with van der Waals surface area (Å²) in [5.41, 5.74) is 1.08. The highest BCUT2D eigenvalue weighted by atomic mass is 35.5. The van der Waals surface area contributed by atoms with Gasteiger partial charge in [0.2, 0.25) is 11.5 Å². The molecule has 118 valence electrons. The lowest BCUT2D eigenvalue weighted by Gasteiger charge is -2.23. The zero-order valence-electron chi connectivity index (χ0n) is 11.7. The molecule has 21 heavy (non-hydrogen) atoms. The molecule has 2 heterocycles. The van der Waals surface area contributed by atoms with E-state index in [4.69, 9.17) is 0 Å². The number of aromatic nitrogens is 1. The van der Waals surface area contributed by atoms with Crippen LogP contribution >= 0.6 is 24.8 Å². The molecule has 1 saturated heterocycles. The molecule has 1 aliphatic carbocycles. The Morgan fingerprint density at radius 2 is 2.00 bits per heavy atom. The highest BCUT2D eigenvalue weighted by molar-refractivity contribution is 5.85. The van der Waals surface area contributed by atoms with E-state index < -0.39 is 0 Å². The Morgan fingerprint density at radius 1 is 1.29 bits per heavy atom. The van der Waals surface area contributed by atoms with Crippen molar-refractivity contribution in [2.24, 2.45) is 11.3 Å². The van der Waals surface area contributed by atoms with Gasteiger partial charge in [-0.25, -0.2) is 0 Å². The molecule has 5 nitrogen and oxygen atoms in total. The zero-order chi connectivity index (χ0) is 13.3. The van der Waals surface area contributed by atoms with E-state index in [2.05, 4.69) is 15.6 Å². The van der Waals surface area contributed by atoms with Gasteiger partial charge in [-0.1, -0.05) is 6.07 Å². The van der Waals surface area contributed by atoms with Crippen molar-refractivity contribution < 1.29 is 4.79 Å². The van der Waals surface area contributed by atoms with Crippen LogP contribution in [0.5, 0.6) is 0 Å². The number of H-pyrrole nitrogens is 1. The smallest absolute Gasteiger partial charge is 0.247 e. The van der Waals surface area contributed by atoms with E-state index in [1.54, 1.807) is 12.3 Å². The number of halogens is 2. The van der Waals surface area contributed by atoms with E-state index in [9.17, 15) is 9.59 Å². The first-order chi connectivity index (χ1) is 9.20. The van der Waals surface area contributed by atoms with Gasteiger partial charge in [-0.05, 0) is 43.3 Å². The number of carbonyl (C=O) groups excluding carboxylic acids is 1. The average molecular weight is 334 g/mol.